The topological polar surface area (TPSA) is 53.6 Å². The first-order chi connectivity index (χ1) is 5.88. The summed E-state index contributed by atoms with van der Waals surface area (Å²) in [4.78, 5) is 0. The lowest BCUT2D eigenvalue weighted by Crippen LogP contribution is -1.75. The third-order valence-corrected chi connectivity index (χ3v) is 1.41. The van der Waals surface area contributed by atoms with Crippen molar-refractivity contribution >= 4 is 7.69 Å². The molecule has 1 aliphatic heterocycles. The summed E-state index contributed by atoms with van der Waals surface area (Å²) in [6, 6.07) is 8.05. The largest absolute Gasteiger partial charge is 0.472 e. The van der Waals surface area contributed by atoms with Gasteiger partial charge in [-0.15, -0.1) is 0 Å². The van der Waals surface area contributed by atoms with Crippen molar-refractivity contribution in [3.8, 4) is 11.1 Å². The van der Waals surface area contributed by atoms with Crippen molar-refractivity contribution in [3.63, 3.8) is 0 Å². The Balaban J connectivity index is 0.000000213. The maximum Gasteiger partial charge on any atom is 0.432 e. The molecule has 62 valence electrons. The van der Waals surface area contributed by atoms with E-state index in [1.807, 2.05) is 18.2 Å². The number of hydrogen-bond donors (Lipinski definition) is 2. The first-order valence-corrected chi connectivity index (χ1v) is 3.51. The summed E-state index contributed by atoms with van der Waals surface area (Å²) in [5, 5.41) is 14.2. The molecule has 1 heterocycles. The van der Waals surface area contributed by atoms with E-state index in [-0.39, 0.29) is 0 Å². The second kappa shape index (κ2) is 4.59. The van der Waals surface area contributed by atoms with Gasteiger partial charge < -0.3 is 14.5 Å². The van der Waals surface area contributed by atoms with Crippen molar-refractivity contribution in [2.75, 3.05) is 0 Å². The summed E-state index contributed by atoms with van der Waals surface area (Å²) in [5.74, 6) is 0. The average Bonchev–Trinajstić information content (AvgIpc) is 2.52. The third kappa shape index (κ3) is 2.12. The van der Waals surface area contributed by atoms with Crippen molar-refractivity contribution in [1.29, 1.82) is 0 Å². The molecule has 0 bridgehead atoms. The van der Waals surface area contributed by atoms with Crippen LogP contribution in [-0.2, 0) is 0 Å². The second-order valence-electron chi connectivity index (χ2n) is 2.13. The van der Waals surface area contributed by atoms with Gasteiger partial charge in [-0.1, -0.05) is 18.2 Å². The second-order valence-corrected chi connectivity index (χ2v) is 2.13. The summed E-state index contributed by atoms with van der Waals surface area (Å²) < 4.78 is 4.95. The van der Waals surface area contributed by atoms with Crippen LogP contribution in [0.1, 0.15) is 0 Å². The Morgan fingerprint density at radius 3 is 2.42 bits per heavy atom. The summed E-state index contributed by atoms with van der Waals surface area (Å²) in [6.45, 7) is 0. The minimum absolute atomic E-state index is 0.750. The van der Waals surface area contributed by atoms with E-state index in [1.54, 1.807) is 12.5 Å². The van der Waals surface area contributed by atoms with Crippen LogP contribution in [0.2, 0.25) is 0 Å². The maximum atomic E-state index is 7.12. The van der Waals surface area contributed by atoms with Crippen molar-refractivity contribution < 1.29 is 14.5 Å². The van der Waals surface area contributed by atoms with Gasteiger partial charge in [-0.3, -0.25) is 0 Å². The van der Waals surface area contributed by atoms with Crippen LogP contribution in [0, 0.1) is 0 Å². The molecule has 12 heavy (non-hydrogen) atoms. The monoisotopic (exact) mass is 164 g/mol. The lowest BCUT2D eigenvalue weighted by atomic mass is 10.2. The fourth-order valence-electron chi connectivity index (χ4n) is 0.932. The predicted octanol–water partition coefficient (Wildman–Crippen LogP) is 0.622. The Hall–Kier alpha value is -1.26. The molecule has 2 N–H and O–H groups in total. The lowest BCUT2D eigenvalue weighted by Gasteiger charge is -1.91. The Labute approximate surface area is 70.9 Å². The molecule has 4 heteroatoms. The zero-order valence-electron chi connectivity index (χ0n) is 6.47. The summed E-state index contributed by atoms with van der Waals surface area (Å²) >= 11 is 0. The molecule has 0 spiro atoms. The smallest absolute Gasteiger partial charge is 0.432 e. The van der Waals surface area contributed by atoms with Gasteiger partial charge in [0.05, 0.1) is 12.5 Å². The SMILES string of the molecule is OBO.c1cc2ccocc-2c1. The summed E-state index contributed by atoms with van der Waals surface area (Å²) in [7, 11) is -0.750. The standard InChI is InChI=1S/C8H6O.BH3O2/c1-2-7-4-5-9-6-8(7)3-1;2-1-3/h1-6H;1-3H. The number of rotatable bonds is 0. The quantitative estimate of drug-likeness (QED) is 0.561. The highest BCUT2D eigenvalue weighted by atomic mass is 16.4. The molecule has 0 saturated heterocycles. The average molecular weight is 164 g/mol. The van der Waals surface area contributed by atoms with Gasteiger partial charge in [0, 0.05) is 5.56 Å². The normalized spacial score (nSPS) is 8.83. The van der Waals surface area contributed by atoms with E-state index in [2.05, 4.69) is 6.07 Å². The van der Waals surface area contributed by atoms with Crippen LogP contribution in [-0.4, -0.2) is 17.7 Å². The van der Waals surface area contributed by atoms with Crippen LogP contribution in [0.25, 0.3) is 11.1 Å². The zero-order chi connectivity index (χ0) is 8.81. The summed E-state index contributed by atoms with van der Waals surface area (Å²) in [5.41, 5.74) is 2.40. The lowest BCUT2D eigenvalue weighted by molar-refractivity contribution is 0.448. The highest BCUT2D eigenvalue weighted by Gasteiger charge is 1.97. The molecule has 3 nitrogen and oxygen atoms in total. The molecule has 0 radical (unpaired) electrons. The molecule has 2 aliphatic rings. The Morgan fingerprint density at radius 1 is 1.08 bits per heavy atom. The van der Waals surface area contributed by atoms with Crippen LogP contribution in [0.3, 0.4) is 0 Å². The van der Waals surface area contributed by atoms with Gasteiger partial charge in [0.25, 0.3) is 0 Å². The van der Waals surface area contributed by atoms with Crippen molar-refractivity contribution in [3.05, 3.63) is 36.8 Å². The van der Waals surface area contributed by atoms with E-state index in [9.17, 15) is 0 Å². The van der Waals surface area contributed by atoms with Gasteiger partial charge >= 0.3 is 7.69 Å². The minimum atomic E-state index is -0.750. The van der Waals surface area contributed by atoms with Gasteiger partial charge in [0.1, 0.15) is 0 Å². The van der Waals surface area contributed by atoms with Gasteiger partial charge in [0.15, 0.2) is 0 Å². The predicted molar refractivity (Wildman–Crippen MR) is 46.9 cm³/mol. The molecular weight excluding hydrogens is 155 g/mol. The molecule has 0 atom stereocenters. The molecular formula is C8H9BO3. The van der Waals surface area contributed by atoms with E-state index in [1.165, 1.54) is 5.56 Å². The van der Waals surface area contributed by atoms with Gasteiger partial charge in [-0.25, -0.2) is 0 Å². The molecule has 0 saturated carbocycles. The van der Waals surface area contributed by atoms with E-state index in [0.29, 0.717) is 0 Å². The Morgan fingerprint density at radius 2 is 1.75 bits per heavy atom. The van der Waals surface area contributed by atoms with E-state index in [0.717, 1.165) is 5.56 Å². The minimum Gasteiger partial charge on any atom is -0.472 e. The van der Waals surface area contributed by atoms with Gasteiger partial charge in [-0.05, 0) is 11.6 Å². The fraction of sp³-hybridized carbons (Fsp3) is 0. The molecule has 0 aromatic carbocycles. The molecule has 0 aromatic heterocycles. The van der Waals surface area contributed by atoms with Crippen LogP contribution in [0.4, 0.5) is 0 Å². The molecule has 0 unspecified atom stereocenters. The highest BCUT2D eigenvalue weighted by Crippen LogP contribution is 2.20. The molecule has 0 amide bonds. The summed E-state index contributed by atoms with van der Waals surface area (Å²) in [6.07, 6.45) is 3.43. The van der Waals surface area contributed by atoms with Crippen LogP contribution in [0.5, 0.6) is 0 Å². The van der Waals surface area contributed by atoms with Crippen LogP contribution in [0.15, 0.2) is 41.2 Å². The number of fused-ring (bicyclic) bond motifs is 1. The highest BCUT2D eigenvalue weighted by molar-refractivity contribution is 6.13. The molecule has 0 aromatic rings. The third-order valence-electron chi connectivity index (χ3n) is 1.41. The fourth-order valence-corrected chi connectivity index (χ4v) is 0.932. The van der Waals surface area contributed by atoms with Crippen LogP contribution < -0.4 is 0 Å². The van der Waals surface area contributed by atoms with Gasteiger partial charge in [0.2, 0.25) is 0 Å². The number of hydrogen-bond acceptors (Lipinski definition) is 3. The van der Waals surface area contributed by atoms with Crippen molar-refractivity contribution in [2.24, 2.45) is 0 Å². The Bertz CT molecular complexity index is 267. The molecule has 2 rings (SSSR count). The maximum absolute atomic E-state index is 7.12. The Kier molecular flexibility index (Phi) is 3.38. The molecule has 1 aliphatic carbocycles. The van der Waals surface area contributed by atoms with Crippen molar-refractivity contribution in [1.82, 2.24) is 0 Å². The van der Waals surface area contributed by atoms with E-state index >= 15 is 0 Å². The van der Waals surface area contributed by atoms with E-state index < -0.39 is 7.69 Å². The van der Waals surface area contributed by atoms with Crippen LogP contribution >= 0.6 is 0 Å². The van der Waals surface area contributed by atoms with E-state index in [4.69, 9.17) is 14.5 Å². The van der Waals surface area contributed by atoms with Gasteiger partial charge in [-0.2, -0.15) is 0 Å². The first kappa shape index (κ1) is 8.84. The van der Waals surface area contributed by atoms with Crippen molar-refractivity contribution in [2.45, 2.75) is 0 Å². The zero-order valence-corrected chi connectivity index (χ0v) is 6.47. The first-order valence-electron chi connectivity index (χ1n) is 3.51. The molecule has 0 fully saturated rings.